The van der Waals surface area contributed by atoms with Crippen molar-refractivity contribution in [2.75, 3.05) is 52.9 Å². The van der Waals surface area contributed by atoms with E-state index in [2.05, 4.69) is 104 Å². The highest BCUT2D eigenvalue weighted by atomic mass is 16.8. The van der Waals surface area contributed by atoms with Gasteiger partial charge in [-0.2, -0.15) is 10.1 Å². The van der Waals surface area contributed by atoms with Gasteiger partial charge in [0, 0.05) is 36.8 Å². The summed E-state index contributed by atoms with van der Waals surface area (Å²) in [5, 5.41) is 4.38. The second-order valence-corrected chi connectivity index (χ2v) is 22.6. The third-order valence-corrected chi connectivity index (χ3v) is 16.1. The van der Waals surface area contributed by atoms with Crippen LogP contribution in [0.2, 0.25) is 0 Å². The van der Waals surface area contributed by atoms with Gasteiger partial charge >= 0.3 is 11.9 Å². The molecule has 0 radical (unpaired) electrons. The Balaban J connectivity index is 0.736. The first-order valence-electron chi connectivity index (χ1n) is 27.1. The summed E-state index contributed by atoms with van der Waals surface area (Å²) >= 11 is 0. The van der Waals surface area contributed by atoms with E-state index in [-0.39, 0.29) is 48.7 Å². The van der Waals surface area contributed by atoms with Crippen LogP contribution in [0.25, 0.3) is 0 Å². The van der Waals surface area contributed by atoms with Gasteiger partial charge in [0.1, 0.15) is 74.6 Å². The number of nitrogens with zero attached hydrogens (tertiary/aromatic N) is 2. The Morgan fingerprint density at radius 1 is 0.514 bits per heavy atom. The molecule has 0 aromatic heterocycles. The van der Waals surface area contributed by atoms with E-state index >= 15 is 0 Å². The minimum Gasteiger partial charge on any atom is -0.491 e. The zero-order valence-electron chi connectivity index (χ0n) is 45.3. The molecule has 6 aliphatic rings. The van der Waals surface area contributed by atoms with Gasteiger partial charge in [0.15, 0.2) is 11.6 Å². The van der Waals surface area contributed by atoms with Crippen LogP contribution in [0, 0.1) is 0 Å². The minimum atomic E-state index is -0.869. The number of benzene rings is 3. The van der Waals surface area contributed by atoms with Crippen molar-refractivity contribution >= 4 is 11.9 Å². The first-order chi connectivity index (χ1) is 35.3. The number of piperidine rings is 2. The molecule has 0 saturated carbocycles. The Bertz CT molecular complexity index is 2200. The molecule has 6 fully saturated rings. The maximum atomic E-state index is 13.3. The Hall–Kier alpha value is -4.20. The SMILES string of the molecule is CCC1(CC)CC2(CC(C)(C)N1OC(C)c1ccc(OCC3CO3)cc1)OCC(COC(=O)c1ccc(C(=O)OCC3COC4(CC(C)(C)N(OC(C)c5ccc(OCC6CO6)cc5)C(CC)(CC)C4)O3)cc1)O2. The van der Waals surface area contributed by atoms with Crippen molar-refractivity contribution in [3.63, 3.8) is 0 Å². The Labute approximate surface area is 437 Å². The molecule has 0 bridgehead atoms. The molecule has 3 aromatic rings. The number of hydrogen-bond acceptors (Lipinski definition) is 16. The van der Waals surface area contributed by atoms with Gasteiger partial charge in [-0.05, 0) is 127 Å². The molecule has 9 rings (SSSR count). The zero-order valence-corrected chi connectivity index (χ0v) is 45.3. The fraction of sp³-hybridized carbons (Fsp3) is 0.655. The van der Waals surface area contributed by atoms with Crippen molar-refractivity contribution < 1.29 is 66.6 Å². The first kappa shape index (κ1) is 54.6. The van der Waals surface area contributed by atoms with Crippen molar-refractivity contribution in [3.8, 4) is 11.5 Å². The number of carbonyl (C=O) groups is 2. The van der Waals surface area contributed by atoms with Crippen LogP contribution >= 0.6 is 0 Å². The Kier molecular flexibility index (Phi) is 16.3. The second-order valence-electron chi connectivity index (χ2n) is 22.6. The van der Waals surface area contributed by atoms with Gasteiger partial charge in [0.05, 0.1) is 48.6 Å². The fourth-order valence-corrected chi connectivity index (χ4v) is 11.9. The summed E-state index contributed by atoms with van der Waals surface area (Å²) in [5.74, 6) is -1.16. The lowest BCUT2D eigenvalue weighted by atomic mass is 9.73. The molecular formula is C58H80N2O14. The summed E-state index contributed by atoms with van der Waals surface area (Å²) in [7, 11) is 0. The normalized spacial score (nSPS) is 29.4. The van der Waals surface area contributed by atoms with E-state index in [1.807, 2.05) is 24.3 Å². The maximum absolute atomic E-state index is 13.3. The average molecular weight is 1030 g/mol. The van der Waals surface area contributed by atoms with E-state index in [4.69, 9.17) is 57.0 Å². The molecule has 74 heavy (non-hydrogen) atoms. The van der Waals surface area contributed by atoms with Crippen LogP contribution in [-0.4, -0.2) is 133 Å². The van der Waals surface area contributed by atoms with Gasteiger partial charge < -0.3 is 47.4 Å². The van der Waals surface area contributed by atoms with Crippen LogP contribution in [0.15, 0.2) is 72.8 Å². The topological polar surface area (TPSA) is 158 Å². The average Bonchev–Trinajstić information content (AvgIpc) is 4.34. The second kappa shape index (κ2) is 22.0. The van der Waals surface area contributed by atoms with Gasteiger partial charge in [0.2, 0.25) is 0 Å². The molecule has 406 valence electrons. The number of ether oxygens (including phenoxy) is 10. The Morgan fingerprint density at radius 2 is 0.865 bits per heavy atom. The molecule has 6 heterocycles. The highest BCUT2D eigenvalue weighted by Gasteiger charge is 2.61. The number of hydrogen-bond donors (Lipinski definition) is 0. The predicted octanol–water partition coefficient (Wildman–Crippen LogP) is 10.0. The third kappa shape index (κ3) is 12.1. The Morgan fingerprint density at radius 3 is 1.19 bits per heavy atom. The van der Waals surface area contributed by atoms with E-state index in [0.29, 0.717) is 63.2 Å². The molecule has 8 atom stereocenters. The van der Waals surface area contributed by atoms with Crippen LogP contribution in [0.1, 0.15) is 165 Å². The fourth-order valence-electron chi connectivity index (χ4n) is 11.9. The van der Waals surface area contributed by atoms with E-state index in [0.717, 1.165) is 61.5 Å². The summed E-state index contributed by atoms with van der Waals surface area (Å²) in [6.45, 7) is 24.8. The van der Waals surface area contributed by atoms with Gasteiger partial charge in [-0.1, -0.05) is 52.0 Å². The van der Waals surface area contributed by atoms with E-state index in [1.165, 1.54) is 0 Å². The maximum Gasteiger partial charge on any atom is 0.338 e. The van der Waals surface area contributed by atoms with Crippen molar-refractivity contribution in [1.29, 1.82) is 0 Å². The number of esters is 2. The van der Waals surface area contributed by atoms with Gasteiger partial charge in [0.25, 0.3) is 0 Å². The third-order valence-electron chi connectivity index (χ3n) is 16.1. The highest BCUT2D eigenvalue weighted by Crippen LogP contribution is 2.54. The molecule has 0 aliphatic carbocycles. The molecule has 0 amide bonds. The van der Waals surface area contributed by atoms with E-state index in [1.54, 1.807) is 24.3 Å². The number of rotatable bonds is 22. The van der Waals surface area contributed by atoms with E-state index < -0.39 is 46.8 Å². The molecule has 6 saturated heterocycles. The lowest BCUT2D eigenvalue weighted by Crippen LogP contribution is -2.67. The molecule has 0 N–H and O–H groups in total. The van der Waals surface area contributed by atoms with Crippen LogP contribution in [0.5, 0.6) is 11.5 Å². The van der Waals surface area contributed by atoms with Gasteiger partial charge in [-0.15, -0.1) is 0 Å². The molecule has 16 nitrogen and oxygen atoms in total. The molecular weight excluding hydrogens is 949 g/mol. The van der Waals surface area contributed by atoms with Gasteiger partial charge in [-0.25, -0.2) is 9.59 Å². The molecule has 16 heteroatoms. The van der Waals surface area contributed by atoms with E-state index in [9.17, 15) is 9.59 Å². The van der Waals surface area contributed by atoms with Crippen molar-refractivity contribution in [2.24, 2.45) is 0 Å². The lowest BCUT2D eigenvalue weighted by Gasteiger charge is -2.59. The molecule has 8 unspecified atom stereocenters. The molecule has 2 spiro atoms. The lowest BCUT2D eigenvalue weighted by molar-refractivity contribution is -0.360. The summed E-state index contributed by atoms with van der Waals surface area (Å²) < 4.78 is 60.3. The van der Waals surface area contributed by atoms with Crippen LogP contribution < -0.4 is 9.47 Å². The smallest absolute Gasteiger partial charge is 0.338 e. The number of hydroxylamine groups is 4. The van der Waals surface area contributed by atoms with Crippen LogP contribution in [0.4, 0.5) is 0 Å². The number of epoxide rings is 2. The van der Waals surface area contributed by atoms with Gasteiger partial charge in [-0.3, -0.25) is 9.68 Å². The minimum absolute atomic E-state index is 0.0203. The van der Waals surface area contributed by atoms with Crippen molar-refractivity contribution in [1.82, 2.24) is 10.1 Å². The first-order valence-corrected chi connectivity index (χ1v) is 27.1. The molecule has 6 aliphatic heterocycles. The zero-order chi connectivity index (χ0) is 52.5. The van der Waals surface area contributed by atoms with Crippen molar-refractivity contribution in [2.45, 2.75) is 191 Å². The molecule has 3 aromatic carbocycles. The monoisotopic (exact) mass is 1030 g/mol. The van der Waals surface area contributed by atoms with Crippen LogP contribution in [0.3, 0.4) is 0 Å². The highest BCUT2D eigenvalue weighted by molar-refractivity contribution is 5.93. The standard InChI is InChI=1S/C58H80N2O14/c1-11-55(12-2)37-57(35-53(7,8)59(55)73-39(5)41-19-23-45(24-20-41)63-27-47-29-65-47)69-33-49(71-57)31-67-51(61)43-15-17-44(18-16-43)52(62)68-32-50-34-70-58(72-50)36-54(9,10)60(56(13-3,14-4)38-58)74-40(6)42-21-25-46(26-22-42)64-28-48-30-66-48/h15-26,39-40,47-50H,11-14,27-38H2,1-10H3. The summed E-state index contributed by atoms with van der Waals surface area (Å²) in [5.41, 5.74) is 1.04. The van der Waals surface area contributed by atoms with Crippen LogP contribution in [-0.2, 0) is 47.6 Å². The quantitative estimate of drug-likeness (QED) is 0.0691. The summed E-state index contributed by atoms with van der Waals surface area (Å²) in [4.78, 5) is 40.4. The summed E-state index contributed by atoms with van der Waals surface area (Å²) in [6, 6.07) is 22.4. The predicted molar refractivity (Wildman–Crippen MR) is 273 cm³/mol. The summed E-state index contributed by atoms with van der Waals surface area (Å²) in [6.07, 6.45) is 4.65. The number of carbonyl (C=O) groups excluding carboxylic acids is 2. The largest absolute Gasteiger partial charge is 0.491 e. The van der Waals surface area contributed by atoms with Crippen molar-refractivity contribution in [3.05, 3.63) is 95.1 Å².